The highest BCUT2D eigenvalue weighted by Crippen LogP contribution is 2.25. The number of ether oxygens (including phenoxy) is 1. The molecule has 25 heavy (non-hydrogen) atoms. The monoisotopic (exact) mass is 386 g/mol. The Hall–Kier alpha value is -2.71. The van der Waals surface area contributed by atoms with E-state index < -0.39 is 40.6 Å². The normalized spacial score (nSPS) is 10.2. The number of nitro benzene ring substituents is 1. The van der Waals surface area contributed by atoms with Gasteiger partial charge in [0.2, 0.25) is 0 Å². The van der Waals surface area contributed by atoms with Crippen LogP contribution in [0.4, 0.5) is 15.8 Å². The van der Waals surface area contributed by atoms with Crippen LogP contribution in [0.1, 0.15) is 10.4 Å². The van der Waals surface area contributed by atoms with E-state index in [9.17, 15) is 24.1 Å². The molecule has 0 atom stereocenters. The minimum absolute atomic E-state index is 0.0441. The molecule has 0 aliphatic rings. The van der Waals surface area contributed by atoms with Crippen LogP contribution < -0.4 is 5.32 Å². The van der Waals surface area contributed by atoms with Crippen LogP contribution in [-0.4, -0.2) is 23.4 Å². The summed E-state index contributed by atoms with van der Waals surface area (Å²) in [6.45, 7) is -0.761. The predicted molar refractivity (Wildman–Crippen MR) is 88.4 cm³/mol. The van der Waals surface area contributed by atoms with Crippen LogP contribution >= 0.6 is 23.2 Å². The molecule has 1 amide bonds. The number of hydrogen-bond donors (Lipinski definition) is 1. The van der Waals surface area contributed by atoms with Crippen LogP contribution in [0.3, 0.4) is 0 Å². The molecule has 2 aromatic carbocycles. The number of nitrogens with one attached hydrogen (secondary N) is 1. The number of benzene rings is 2. The Morgan fingerprint density at radius 3 is 2.44 bits per heavy atom. The van der Waals surface area contributed by atoms with Crippen molar-refractivity contribution in [3.63, 3.8) is 0 Å². The first-order chi connectivity index (χ1) is 11.8. The zero-order valence-corrected chi connectivity index (χ0v) is 13.8. The standard InChI is InChI=1S/C15H9Cl2FN2O5/c16-9-2-1-3-10(17)14(9)15(22)25-7-13(21)19-12-6-8(20(23)24)4-5-11(12)18/h1-6H,7H2,(H,19,21). The van der Waals surface area contributed by atoms with Gasteiger partial charge in [-0.1, -0.05) is 29.3 Å². The highest BCUT2D eigenvalue weighted by atomic mass is 35.5. The number of nitro groups is 1. The summed E-state index contributed by atoms with van der Waals surface area (Å²) in [7, 11) is 0. The summed E-state index contributed by atoms with van der Waals surface area (Å²) < 4.78 is 18.3. The van der Waals surface area contributed by atoms with Crippen molar-refractivity contribution in [1.29, 1.82) is 0 Å². The lowest BCUT2D eigenvalue weighted by molar-refractivity contribution is -0.384. The highest BCUT2D eigenvalue weighted by molar-refractivity contribution is 6.39. The van der Waals surface area contributed by atoms with Gasteiger partial charge in [-0.3, -0.25) is 14.9 Å². The van der Waals surface area contributed by atoms with Gasteiger partial charge in [0.1, 0.15) is 5.82 Å². The molecule has 0 heterocycles. The Morgan fingerprint density at radius 1 is 1.20 bits per heavy atom. The number of esters is 1. The van der Waals surface area contributed by atoms with Gasteiger partial charge in [0, 0.05) is 12.1 Å². The van der Waals surface area contributed by atoms with Gasteiger partial charge in [0.05, 0.1) is 26.2 Å². The van der Waals surface area contributed by atoms with E-state index in [4.69, 9.17) is 27.9 Å². The number of rotatable bonds is 5. The molecule has 10 heteroatoms. The highest BCUT2D eigenvalue weighted by Gasteiger charge is 2.18. The lowest BCUT2D eigenvalue weighted by Gasteiger charge is -2.09. The second kappa shape index (κ2) is 7.91. The molecule has 2 aromatic rings. The summed E-state index contributed by atoms with van der Waals surface area (Å²) in [5, 5.41) is 12.8. The molecule has 0 saturated carbocycles. The zero-order chi connectivity index (χ0) is 18.6. The van der Waals surface area contributed by atoms with Crippen LogP contribution in [0.25, 0.3) is 0 Å². The van der Waals surface area contributed by atoms with E-state index in [1.54, 1.807) is 0 Å². The third-order valence-corrected chi connectivity index (χ3v) is 3.57. The number of carbonyl (C=O) groups is 2. The van der Waals surface area contributed by atoms with Crippen molar-refractivity contribution in [2.24, 2.45) is 0 Å². The second-order valence-corrected chi connectivity index (χ2v) is 5.46. The van der Waals surface area contributed by atoms with E-state index in [1.807, 2.05) is 0 Å². The van der Waals surface area contributed by atoms with E-state index in [0.717, 1.165) is 18.2 Å². The van der Waals surface area contributed by atoms with Crippen molar-refractivity contribution in [3.05, 3.63) is 67.9 Å². The summed E-state index contributed by atoms with van der Waals surface area (Å²) in [6, 6.07) is 7.00. The van der Waals surface area contributed by atoms with Crippen LogP contribution in [0.15, 0.2) is 36.4 Å². The third-order valence-electron chi connectivity index (χ3n) is 2.94. The van der Waals surface area contributed by atoms with Gasteiger partial charge in [-0.2, -0.15) is 0 Å². The predicted octanol–water partition coefficient (Wildman–Crippen LogP) is 3.84. The molecule has 2 rings (SSSR count). The number of amides is 1. The van der Waals surface area contributed by atoms with Crippen LogP contribution in [-0.2, 0) is 9.53 Å². The van der Waals surface area contributed by atoms with Gasteiger partial charge < -0.3 is 10.1 Å². The Morgan fingerprint density at radius 2 is 1.84 bits per heavy atom. The van der Waals surface area contributed by atoms with Crippen molar-refractivity contribution >= 4 is 46.5 Å². The van der Waals surface area contributed by atoms with Crippen molar-refractivity contribution in [2.75, 3.05) is 11.9 Å². The fraction of sp³-hybridized carbons (Fsp3) is 0.0667. The summed E-state index contributed by atoms with van der Waals surface area (Å²) in [6.07, 6.45) is 0. The number of halogens is 3. The molecule has 0 unspecified atom stereocenters. The minimum atomic E-state index is -0.940. The molecule has 7 nitrogen and oxygen atoms in total. The lowest BCUT2D eigenvalue weighted by atomic mass is 10.2. The molecule has 0 aliphatic heterocycles. The molecule has 0 bridgehead atoms. The second-order valence-electron chi connectivity index (χ2n) is 4.64. The van der Waals surface area contributed by atoms with Crippen LogP contribution in [0.5, 0.6) is 0 Å². The van der Waals surface area contributed by atoms with Crippen LogP contribution in [0.2, 0.25) is 10.0 Å². The van der Waals surface area contributed by atoms with Gasteiger partial charge >= 0.3 is 5.97 Å². The van der Waals surface area contributed by atoms with Gasteiger partial charge in [-0.15, -0.1) is 0 Å². The number of non-ortho nitro benzene ring substituents is 1. The van der Waals surface area contributed by atoms with Crippen LogP contribution in [0, 0.1) is 15.9 Å². The average Bonchev–Trinajstić information content (AvgIpc) is 2.54. The summed E-state index contributed by atoms with van der Waals surface area (Å²) in [4.78, 5) is 33.6. The van der Waals surface area contributed by atoms with Gasteiger partial charge in [0.25, 0.3) is 11.6 Å². The number of carbonyl (C=O) groups excluding carboxylic acids is 2. The zero-order valence-electron chi connectivity index (χ0n) is 12.3. The third kappa shape index (κ3) is 4.65. The van der Waals surface area contributed by atoms with E-state index >= 15 is 0 Å². The molecule has 1 N–H and O–H groups in total. The van der Waals surface area contributed by atoms with E-state index in [2.05, 4.69) is 5.32 Å². The maximum atomic E-state index is 13.6. The summed E-state index contributed by atoms with van der Waals surface area (Å²) in [5.41, 5.74) is -0.928. The van der Waals surface area contributed by atoms with Crippen molar-refractivity contribution in [1.82, 2.24) is 0 Å². The first kappa shape index (κ1) is 18.6. The maximum absolute atomic E-state index is 13.6. The smallest absolute Gasteiger partial charge is 0.341 e. The average molecular weight is 387 g/mol. The quantitative estimate of drug-likeness (QED) is 0.478. The van der Waals surface area contributed by atoms with Gasteiger partial charge in [-0.05, 0) is 18.2 Å². The lowest BCUT2D eigenvalue weighted by Crippen LogP contribution is -2.21. The molecular formula is C15H9Cl2FN2O5. The summed E-state index contributed by atoms with van der Waals surface area (Å²) >= 11 is 11.7. The fourth-order valence-electron chi connectivity index (χ4n) is 1.80. The van der Waals surface area contributed by atoms with Crippen molar-refractivity contribution in [2.45, 2.75) is 0 Å². The van der Waals surface area contributed by atoms with Gasteiger partial charge in [-0.25, -0.2) is 9.18 Å². The first-order valence-electron chi connectivity index (χ1n) is 6.64. The Kier molecular flexibility index (Phi) is 5.89. The fourth-order valence-corrected chi connectivity index (χ4v) is 2.36. The Labute approximate surface area is 150 Å². The van der Waals surface area contributed by atoms with E-state index in [0.29, 0.717) is 0 Å². The number of anilines is 1. The molecule has 0 aliphatic carbocycles. The SMILES string of the molecule is O=C(COC(=O)c1c(Cl)cccc1Cl)Nc1cc([N+](=O)[O-])ccc1F. The van der Waals surface area contributed by atoms with E-state index in [1.165, 1.54) is 18.2 Å². The Bertz CT molecular complexity index is 840. The van der Waals surface area contributed by atoms with E-state index in [-0.39, 0.29) is 15.6 Å². The summed E-state index contributed by atoms with van der Waals surface area (Å²) in [5.74, 6) is -2.71. The number of hydrogen-bond acceptors (Lipinski definition) is 5. The minimum Gasteiger partial charge on any atom is -0.452 e. The number of nitrogens with zero attached hydrogens (tertiary/aromatic N) is 1. The molecule has 0 aromatic heterocycles. The molecular weight excluding hydrogens is 378 g/mol. The molecule has 0 radical (unpaired) electrons. The van der Waals surface area contributed by atoms with Crippen molar-refractivity contribution in [3.8, 4) is 0 Å². The maximum Gasteiger partial charge on any atom is 0.341 e. The molecule has 0 fully saturated rings. The van der Waals surface area contributed by atoms with Crippen molar-refractivity contribution < 1.29 is 23.6 Å². The molecule has 130 valence electrons. The molecule has 0 saturated heterocycles. The molecule has 0 spiro atoms. The Balaban J connectivity index is 2.03. The first-order valence-corrected chi connectivity index (χ1v) is 7.40. The largest absolute Gasteiger partial charge is 0.452 e. The van der Waals surface area contributed by atoms with Gasteiger partial charge in [0.15, 0.2) is 6.61 Å². The topological polar surface area (TPSA) is 98.5 Å².